The van der Waals surface area contributed by atoms with Gasteiger partial charge in [0.15, 0.2) is 0 Å². The first-order valence-electron chi connectivity index (χ1n) is 9.08. The van der Waals surface area contributed by atoms with E-state index in [-0.39, 0.29) is 0 Å². The Morgan fingerprint density at radius 1 is 1.08 bits per heavy atom. The number of rotatable bonds is 4. The van der Waals surface area contributed by atoms with E-state index in [1.807, 2.05) is 54.7 Å². The highest BCUT2D eigenvalue weighted by atomic mass is 15.1. The van der Waals surface area contributed by atoms with E-state index in [1.54, 1.807) is 6.20 Å². The molecule has 3 aromatic rings. The van der Waals surface area contributed by atoms with Crippen LogP contribution in [0.4, 0.5) is 11.5 Å². The minimum atomic E-state index is 0.363. The fourth-order valence-corrected chi connectivity index (χ4v) is 3.42. The second-order valence-corrected chi connectivity index (χ2v) is 6.83. The summed E-state index contributed by atoms with van der Waals surface area (Å²) in [4.78, 5) is 16.3. The van der Waals surface area contributed by atoms with Crippen molar-refractivity contribution in [3.05, 3.63) is 66.7 Å². The van der Waals surface area contributed by atoms with Crippen molar-refractivity contribution in [2.45, 2.75) is 18.8 Å². The van der Waals surface area contributed by atoms with E-state index in [0.717, 1.165) is 48.1 Å². The Morgan fingerprint density at radius 2 is 1.96 bits per heavy atom. The third-order valence-corrected chi connectivity index (χ3v) is 4.74. The van der Waals surface area contributed by atoms with Crippen LogP contribution in [0.2, 0.25) is 0 Å². The number of piperidine rings is 1. The Kier molecular flexibility index (Phi) is 4.88. The number of benzene rings is 1. The molecule has 0 saturated carbocycles. The molecule has 1 fully saturated rings. The first kappa shape index (κ1) is 16.7. The van der Waals surface area contributed by atoms with Crippen molar-refractivity contribution in [1.82, 2.24) is 19.9 Å². The maximum absolute atomic E-state index is 4.89. The Labute approximate surface area is 154 Å². The van der Waals surface area contributed by atoms with Crippen molar-refractivity contribution in [3.8, 4) is 11.3 Å². The van der Waals surface area contributed by atoms with E-state index in [4.69, 9.17) is 9.97 Å². The maximum atomic E-state index is 4.89. The number of likely N-dealkylation sites (tertiary alicyclic amines) is 1. The molecule has 0 spiro atoms. The molecule has 1 saturated heterocycles. The number of nitrogens with one attached hydrogen (secondary N) is 1. The van der Waals surface area contributed by atoms with Gasteiger partial charge in [-0.3, -0.25) is 4.98 Å². The molecule has 1 aliphatic rings. The number of likely N-dealkylation sites (N-methyl/N-ethyl adjacent to an activating group) is 1. The summed E-state index contributed by atoms with van der Waals surface area (Å²) in [5, 5.41) is 3.42. The Hall–Kier alpha value is -2.79. The quantitative estimate of drug-likeness (QED) is 0.772. The minimum absolute atomic E-state index is 0.363. The molecule has 26 heavy (non-hydrogen) atoms. The molecule has 1 unspecified atom stereocenters. The zero-order valence-electron chi connectivity index (χ0n) is 15.0. The zero-order valence-corrected chi connectivity index (χ0v) is 15.0. The predicted octanol–water partition coefficient (Wildman–Crippen LogP) is 4.09. The molecular weight excluding hydrogens is 322 g/mol. The second kappa shape index (κ2) is 7.62. The van der Waals surface area contributed by atoms with Gasteiger partial charge in [0.2, 0.25) is 0 Å². The van der Waals surface area contributed by atoms with E-state index in [1.165, 1.54) is 6.42 Å². The van der Waals surface area contributed by atoms with Crippen LogP contribution in [0.15, 0.2) is 60.9 Å². The highest BCUT2D eigenvalue weighted by Crippen LogP contribution is 2.28. The molecule has 4 rings (SSSR count). The fraction of sp³-hybridized carbons (Fsp3) is 0.286. The van der Waals surface area contributed by atoms with Crippen molar-refractivity contribution in [2.24, 2.45) is 0 Å². The summed E-state index contributed by atoms with van der Waals surface area (Å²) in [6.07, 6.45) is 5.95. The molecule has 0 amide bonds. The lowest BCUT2D eigenvalue weighted by atomic mass is 9.97. The molecule has 132 valence electrons. The number of hydrogen-bond donors (Lipinski definition) is 1. The molecule has 0 radical (unpaired) electrons. The van der Waals surface area contributed by atoms with Crippen molar-refractivity contribution in [2.75, 3.05) is 25.5 Å². The molecule has 1 N–H and O–H groups in total. The van der Waals surface area contributed by atoms with Crippen LogP contribution >= 0.6 is 0 Å². The molecule has 1 atom stereocenters. The zero-order chi connectivity index (χ0) is 17.8. The van der Waals surface area contributed by atoms with Gasteiger partial charge in [-0.25, -0.2) is 9.97 Å². The van der Waals surface area contributed by atoms with Crippen molar-refractivity contribution >= 4 is 11.5 Å². The number of aromatic nitrogens is 3. The lowest BCUT2D eigenvalue weighted by molar-refractivity contribution is 0.246. The number of pyridine rings is 1. The molecule has 5 heteroatoms. The Balaban J connectivity index is 1.72. The molecule has 1 aliphatic heterocycles. The van der Waals surface area contributed by atoms with E-state index >= 15 is 0 Å². The van der Waals surface area contributed by atoms with Crippen LogP contribution in [0.1, 0.15) is 24.6 Å². The maximum Gasteiger partial charge on any atom is 0.135 e. The summed E-state index contributed by atoms with van der Waals surface area (Å²) >= 11 is 0. The largest absolute Gasteiger partial charge is 0.340 e. The van der Waals surface area contributed by atoms with Gasteiger partial charge in [-0.2, -0.15) is 0 Å². The monoisotopic (exact) mass is 345 g/mol. The standard InChI is InChI=1S/C21H23N5/c1-26-12-6-8-17(15-26)21-24-19(16-7-5-11-22-14-16)13-20(25-21)23-18-9-3-2-4-10-18/h2-5,7,9-11,13-14,17H,6,8,12,15H2,1H3,(H,23,24,25). The lowest BCUT2D eigenvalue weighted by Gasteiger charge is -2.29. The summed E-state index contributed by atoms with van der Waals surface area (Å²) in [5.41, 5.74) is 2.95. The molecule has 5 nitrogen and oxygen atoms in total. The third kappa shape index (κ3) is 3.89. The average molecular weight is 345 g/mol. The highest BCUT2D eigenvalue weighted by molar-refractivity contribution is 5.65. The summed E-state index contributed by atoms with van der Waals surface area (Å²) < 4.78 is 0. The van der Waals surface area contributed by atoms with Gasteiger partial charge in [-0.05, 0) is 50.7 Å². The van der Waals surface area contributed by atoms with E-state index < -0.39 is 0 Å². The smallest absolute Gasteiger partial charge is 0.135 e. The topological polar surface area (TPSA) is 53.9 Å². The molecule has 0 aliphatic carbocycles. The van der Waals surface area contributed by atoms with E-state index in [9.17, 15) is 0 Å². The fourth-order valence-electron chi connectivity index (χ4n) is 3.42. The molecule has 0 bridgehead atoms. The van der Waals surface area contributed by atoms with Crippen LogP contribution in [-0.4, -0.2) is 40.0 Å². The van der Waals surface area contributed by atoms with Gasteiger partial charge in [-0.15, -0.1) is 0 Å². The van der Waals surface area contributed by atoms with Gasteiger partial charge in [0.05, 0.1) is 5.69 Å². The minimum Gasteiger partial charge on any atom is -0.340 e. The van der Waals surface area contributed by atoms with Crippen molar-refractivity contribution in [1.29, 1.82) is 0 Å². The lowest BCUT2D eigenvalue weighted by Crippen LogP contribution is -2.31. The normalized spacial score (nSPS) is 17.8. The van der Waals surface area contributed by atoms with E-state index in [2.05, 4.69) is 22.2 Å². The summed E-state index contributed by atoms with van der Waals surface area (Å²) in [6.45, 7) is 2.15. The first-order chi connectivity index (χ1) is 12.8. The molecule has 2 aromatic heterocycles. The van der Waals surface area contributed by atoms with Gasteiger partial charge in [0, 0.05) is 42.2 Å². The van der Waals surface area contributed by atoms with Gasteiger partial charge < -0.3 is 10.2 Å². The van der Waals surface area contributed by atoms with Crippen molar-refractivity contribution in [3.63, 3.8) is 0 Å². The summed E-state index contributed by atoms with van der Waals surface area (Å²) in [6, 6.07) is 16.1. The summed E-state index contributed by atoms with van der Waals surface area (Å²) in [5.74, 6) is 2.10. The van der Waals surface area contributed by atoms with Crippen LogP contribution in [0.3, 0.4) is 0 Å². The second-order valence-electron chi connectivity index (χ2n) is 6.83. The third-order valence-electron chi connectivity index (χ3n) is 4.74. The van der Waals surface area contributed by atoms with Crippen LogP contribution in [0.5, 0.6) is 0 Å². The summed E-state index contributed by atoms with van der Waals surface area (Å²) in [7, 11) is 2.17. The molecule has 3 heterocycles. The van der Waals surface area contributed by atoms with Crippen LogP contribution in [0.25, 0.3) is 11.3 Å². The van der Waals surface area contributed by atoms with Crippen molar-refractivity contribution < 1.29 is 0 Å². The number of hydrogen-bond acceptors (Lipinski definition) is 5. The van der Waals surface area contributed by atoms with Gasteiger partial charge in [-0.1, -0.05) is 18.2 Å². The van der Waals surface area contributed by atoms with Gasteiger partial charge >= 0.3 is 0 Å². The Morgan fingerprint density at radius 3 is 2.73 bits per heavy atom. The molecular formula is C21H23N5. The number of para-hydroxylation sites is 1. The van der Waals surface area contributed by atoms with Crippen LogP contribution in [0, 0.1) is 0 Å². The van der Waals surface area contributed by atoms with Gasteiger partial charge in [0.1, 0.15) is 11.6 Å². The number of nitrogens with zero attached hydrogens (tertiary/aromatic N) is 4. The van der Waals surface area contributed by atoms with Gasteiger partial charge in [0.25, 0.3) is 0 Å². The SMILES string of the molecule is CN1CCCC(c2nc(Nc3ccccc3)cc(-c3cccnc3)n2)C1. The Bertz CT molecular complexity index is 851. The average Bonchev–Trinajstić information content (AvgIpc) is 2.69. The number of anilines is 2. The molecule has 1 aromatic carbocycles. The highest BCUT2D eigenvalue weighted by Gasteiger charge is 2.22. The van der Waals surface area contributed by atoms with Crippen LogP contribution < -0.4 is 5.32 Å². The van der Waals surface area contributed by atoms with E-state index in [0.29, 0.717) is 5.92 Å². The first-order valence-corrected chi connectivity index (χ1v) is 9.08. The predicted molar refractivity (Wildman–Crippen MR) is 104 cm³/mol. The van der Waals surface area contributed by atoms with Crippen LogP contribution in [-0.2, 0) is 0 Å².